The van der Waals surface area contributed by atoms with Crippen LogP contribution in [0, 0.1) is 5.82 Å². The van der Waals surface area contributed by atoms with E-state index in [-0.39, 0.29) is 29.1 Å². The normalized spacial score (nSPS) is 13.0. The molecule has 0 saturated carbocycles. The second-order valence-corrected chi connectivity index (χ2v) is 8.46. The van der Waals surface area contributed by atoms with Crippen LogP contribution in [-0.2, 0) is 0 Å². The first-order valence-electron chi connectivity index (χ1n) is 11.3. The maximum Gasteiger partial charge on any atom is 0.420 e. The number of carbonyl (C=O) groups excluding carboxylic acids is 3. The standard InChI is InChI=1S/C25H25F4N5O4/c1-3-33(23(37)19-7-5-4-6-18(19)15(2)35)14-24(38,25(27,28)29)13-31-22(36)20-12-32-34(21(20)30)17-10-8-16(26)9-11-17/h4-12,38H,3,13-14,30H2,1-2H3,(H,31,36). The van der Waals surface area contributed by atoms with Crippen molar-refractivity contribution in [3.63, 3.8) is 0 Å². The number of likely N-dealkylation sites (N-methyl/N-ethyl adjacent to an activating group) is 1. The Hall–Kier alpha value is -4.26. The van der Waals surface area contributed by atoms with Gasteiger partial charge in [-0.15, -0.1) is 0 Å². The quantitative estimate of drug-likeness (QED) is 0.285. The highest BCUT2D eigenvalue weighted by Crippen LogP contribution is 2.32. The topological polar surface area (TPSA) is 131 Å². The van der Waals surface area contributed by atoms with Gasteiger partial charge in [0.15, 0.2) is 11.4 Å². The minimum Gasteiger partial charge on any atom is -0.383 e. The zero-order chi connectivity index (χ0) is 28.3. The molecule has 1 aromatic heterocycles. The summed E-state index contributed by atoms with van der Waals surface area (Å²) in [5, 5.41) is 16.5. The van der Waals surface area contributed by atoms with E-state index >= 15 is 0 Å². The molecule has 3 rings (SSSR count). The Morgan fingerprint density at radius 3 is 2.21 bits per heavy atom. The van der Waals surface area contributed by atoms with Crippen LogP contribution in [0.15, 0.2) is 54.7 Å². The monoisotopic (exact) mass is 535 g/mol. The highest BCUT2D eigenvalue weighted by molar-refractivity contribution is 6.07. The molecule has 0 spiro atoms. The maximum atomic E-state index is 14.0. The van der Waals surface area contributed by atoms with Gasteiger partial charge in [0.1, 0.15) is 17.2 Å². The molecule has 13 heteroatoms. The van der Waals surface area contributed by atoms with Crippen LogP contribution in [-0.4, -0.2) is 68.8 Å². The third kappa shape index (κ3) is 5.83. The van der Waals surface area contributed by atoms with E-state index in [9.17, 15) is 37.1 Å². The van der Waals surface area contributed by atoms with Gasteiger partial charge in [0.05, 0.1) is 30.5 Å². The van der Waals surface area contributed by atoms with Crippen molar-refractivity contribution in [3.05, 3.63) is 77.2 Å². The number of rotatable bonds is 9. The minimum atomic E-state index is -5.25. The van der Waals surface area contributed by atoms with Crippen molar-refractivity contribution in [2.75, 3.05) is 25.4 Å². The maximum absolute atomic E-state index is 14.0. The Labute approximate surface area is 214 Å². The Bertz CT molecular complexity index is 1340. The number of hydrogen-bond acceptors (Lipinski definition) is 6. The number of halogens is 4. The summed E-state index contributed by atoms with van der Waals surface area (Å²) in [4.78, 5) is 38.3. The minimum absolute atomic E-state index is 0.0217. The second-order valence-electron chi connectivity index (χ2n) is 8.46. The first-order valence-corrected chi connectivity index (χ1v) is 11.3. The van der Waals surface area contributed by atoms with Gasteiger partial charge >= 0.3 is 6.18 Å². The van der Waals surface area contributed by atoms with Crippen LogP contribution >= 0.6 is 0 Å². The van der Waals surface area contributed by atoms with Crippen molar-refractivity contribution >= 4 is 23.4 Å². The lowest BCUT2D eigenvalue weighted by atomic mass is 9.99. The molecule has 2 amide bonds. The Morgan fingerprint density at radius 2 is 1.66 bits per heavy atom. The van der Waals surface area contributed by atoms with Gasteiger partial charge in [-0.3, -0.25) is 14.4 Å². The fourth-order valence-electron chi connectivity index (χ4n) is 3.68. The van der Waals surface area contributed by atoms with Gasteiger partial charge in [-0.25, -0.2) is 9.07 Å². The molecule has 0 aliphatic rings. The van der Waals surface area contributed by atoms with Crippen LogP contribution in [0.1, 0.15) is 44.9 Å². The summed E-state index contributed by atoms with van der Waals surface area (Å²) in [7, 11) is 0. The fraction of sp³-hybridized carbons (Fsp3) is 0.280. The molecule has 3 aromatic rings. The predicted octanol–water partition coefficient (Wildman–Crippen LogP) is 2.98. The van der Waals surface area contributed by atoms with Gasteiger partial charge in [-0.1, -0.05) is 18.2 Å². The van der Waals surface area contributed by atoms with Crippen molar-refractivity contribution < 1.29 is 37.1 Å². The molecule has 0 radical (unpaired) electrons. The molecule has 1 atom stereocenters. The molecular formula is C25H25F4N5O4. The largest absolute Gasteiger partial charge is 0.420 e. The highest BCUT2D eigenvalue weighted by atomic mass is 19.4. The van der Waals surface area contributed by atoms with Crippen LogP contribution in [0.4, 0.5) is 23.4 Å². The van der Waals surface area contributed by atoms with Crippen molar-refractivity contribution in [3.8, 4) is 5.69 Å². The van der Waals surface area contributed by atoms with Gasteiger partial charge in [0, 0.05) is 12.1 Å². The Morgan fingerprint density at radius 1 is 1.05 bits per heavy atom. The first kappa shape index (κ1) is 28.3. The van der Waals surface area contributed by atoms with Gasteiger partial charge < -0.3 is 21.1 Å². The van der Waals surface area contributed by atoms with E-state index in [1.54, 1.807) is 0 Å². The molecule has 0 aliphatic heterocycles. The third-order valence-corrected chi connectivity index (χ3v) is 5.85. The fourth-order valence-corrected chi connectivity index (χ4v) is 3.68. The lowest BCUT2D eigenvalue weighted by molar-refractivity contribution is -0.259. The zero-order valence-electron chi connectivity index (χ0n) is 20.4. The molecule has 0 fully saturated rings. The number of hydrogen-bond donors (Lipinski definition) is 3. The lowest BCUT2D eigenvalue weighted by Crippen LogP contribution is -2.60. The molecular weight excluding hydrogens is 510 g/mol. The van der Waals surface area contributed by atoms with E-state index in [4.69, 9.17) is 5.73 Å². The average molecular weight is 535 g/mol. The smallest absolute Gasteiger partial charge is 0.383 e. The molecule has 0 aliphatic carbocycles. The van der Waals surface area contributed by atoms with E-state index in [1.165, 1.54) is 50.2 Å². The molecule has 202 valence electrons. The number of nitrogens with zero attached hydrogens (tertiary/aromatic N) is 3. The van der Waals surface area contributed by atoms with E-state index in [0.29, 0.717) is 5.69 Å². The molecule has 2 aromatic carbocycles. The van der Waals surface area contributed by atoms with E-state index < -0.39 is 48.3 Å². The average Bonchev–Trinajstić information content (AvgIpc) is 3.26. The summed E-state index contributed by atoms with van der Waals surface area (Å²) in [6.45, 7) is -0.131. The van der Waals surface area contributed by atoms with Gasteiger partial charge in [0.25, 0.3) is 11.8 Å². The lowest BCUT2D eigenvalue weighted by Gasteiger charge is -2.35. The van der Waals surface area contributed by atoms with Gasteiger partial charge in [-0.05, 0) is 44.2 Å². The number of alkyl halides is 3. The number of nitrogen functional groups attached to an aromatic ring is 1. The molecule has 4 N–H and O–H groups in total. The second kappa shape index (κ2) is 11.0. The van der Waals surface area contributed by atoms with Crippen LogP contribution in [0.3, 0.4) is 0 Å². The summed E-state index contributed by atoms with van der Waals surface area (Å²) in [6, 6.07) is 10.6. The van der Waals surface area contributed by atoms with E-state index in [1.807, 2.05) is 5.32 Å². The number of Topliss-reactive ketones (excluding diaryl/α,β-unsaturated/α-hetero) is 1. The number of anilines is 1. The molecule has 1 heterocycles. The van der Waals surface area contributed by atoms with Crippen LogP contribution in [0.5, 0.6) is 0 Å². The number of ketones is 1. The molecule has 0 saturated heterocycles. The number of benzene rings is 2. The molecule has 9 nitrogen and oxygen atoms in total. The third-order valence-electron chi connectivity index (χ3n) is 5.85. The van der Waals surface area contributed by atoms with Crippen molar-refractivity contribution in [1.82, 2.24) is 20.0 Å². The molecule has 1 unspecified atom stereocenters. The molecule has 0 bridgehead atoms. The number of aliphatic hydroxyl groups is 1. The first-order chi connectivity index (χ1) is 17.8. The number of nitrogens with two attached hydrogens (primary N) is 1. The SMILES string of the molecule is CCN(CC(O)(CNC(=O)c1cnn(-c2ccc(F)cc2)c1N)C(F)(F)F)C(=O)c1ccccc1C(C)=O. The van der Waals surface area contributed by atoms with Crippen molar-refractivity contribution in [2.45, 2.75) is 25.6 Å². The van der Waals surface area contributed by atoms with Crippen LogP contribution in [0.25, 0.3) is 5.69 Å². The number of aromatic nitrogens is 2. The Kier molecular flexibility index (Phi) is 8.20. The number of carbonyl (C=O) groups is 3. The Balaban J connectivity index is 1.81. The zero-order valence-corrected chi connectivity index (χ0v) is 20.4. The number of nitrogens with one attached hydrogen (secondary N) is 1. The summed E-state index contributed by atoms with van der Waals surface area (Å²) in [5.41, 5.74) is 2.32. The summed E-state index contributed by atoms with van der Waals surface area (Å²) in [6.07, 6.45) is -4.24. The summed E-state index contributed by atoms with van der Waals surface area (Å²) >= 11 is 0. The summed E-state index contributed by atoms with van der Waals surface area (Å²) in [5.74, 6) is -3.15. The highest BCUT2D eigenvalue weighted by Gasteiger charge is 2.55. The van der Waals surface area contributed by atoms with E-state index in [0.717, 1.165) is 27.9 Å². The predicted molar refractivity (Wildman–Crippen MR) is 129 cm³/mol. The van der Waals surface area contributed by atoms with Crippen molar-refractivity contribution in [1.29, 1.82) is 0 Å². The van der Waals surface area contributed by atoms with E-state index in [2.05, 4.69) is 5.10 Å². The van der Waals surface area contributed by atoms with Crippen molar-refractivity contribution in [2.24, 2.45) is 0 Å². The number of amides is 2. The molecule has 38 heavy (non-hydrogen) atoms. The summed E-state index contributed by atoms with van der Waals surface area (Å²) < 4.78 is 56.3. The van der Waals surface area contributed by atoms with Crippen LogP contribution < -0.4 is 11.1 Å². The van der Waals surface area contributed by atoms with Gasteiger partial charge in [0.2, 0.25) is 0 Å². The van der Waals surface area contributed by atoms with Gasteiger partial charge in [-0.2, -0.15) is 18.3 Å². The van der Waals surface area contributed by atoms with Crippen LogP contribution in [0.2, 0.25) is 0 Å².